The van der Waals surface area contributed by atoms with E-state index in [-0.39, 0.29) is 68.4 Å². The number of carbonyl (C=O) groups excluding carboxylic acids is 6. The molecular formula is C62H80ClN7O15S2. The minimum Gasteiger partial charge on any atom is -0.497 e. The molecule has 472 valence electrons. The van der Waals surface area contributed by atoms with Crippen molar-refractivity contribution in [2.45, 2.75) is 152 Å². The zero-order valence-corrected chi connectivity index (χ0v) is 52.9. The van der Waals surface area contributed by atoms with Crippen molar-refractivity contribution in [2.24, 2.45) is 28.6 Å². The highest BCUT2D eigenvalue weighted by molar-refractivity contribution is 7.91. The van der Waals surface area contributed by atoms with Crippen molar-refractivity contribution >= 4 is 89.4 Å². The van der Waals surface area contributed by atoms with Gasteiger partial charge in [-0.25, -0.2) is 31.6 Å². The molecule has 4 heterocycles. The van der Waals surface area contributed by atoms with Gasteiger partial charge >= 0.3 is 6.09 Å². The van der Waals surface area contributed by atoms with Crippen molar-refractivity contribution in [2.75, 3.05) is 34.4 Å². The van der Waals surface area contributed by atoms with E-state index in [0.29, 0.717) is 74.4 Å². The number of likely N-dealkylation sites (N-methyl/N-ethyl adjacent to an activating group) is 1. The Labute approximate surface area is 514 Å². The molecule has 10 rings (SSSR count). The van der Waals surface area contributed by atoms with Crippen LogP contribution >= 0.6 is 12.4 Å². The molecular weight excluding hydrogens is 1180 g/mol. The van der Waals surface area contributed by atoms with Gasteiger partial charge in [0.25, 0.3) is 0 Å². The maximum atomic E-state index is 14.6. The second kappa shape index (κ2) is 26.1. The standard InChI is InChI=1S/C37H50N4O9S.C25H29N3O6S.ClH/c1-9-22(3)31(40(7)35(45)50-36(4,5)6)33(43)41-21-26(49-32-28-14-11-25(48-8)17-23(28)15-16-38-32)18-29(41)30(42)20-37(19-24(37)10-2)34(44)39-51(46,47)27-12-13-27;1-3-16-12-25(16,24(30)28-35(31,32)19-5-6-19)13-22(29)21-11-18(14-27-21)34-23-20-7-4-17(33-2)10-15(20)8-9-26-23;/h10-11,14-17,22,24,26-27,29,31H,2,9,12-13,18-21H2,1,3-8H3,(H,39,44);3-4,7-10,16,18-19,21,27H,1,5-6,11-14H2,2H3,(H,28,30);1H/t22-,24+,26?,29-,31?,37+;16-,18?,21+,25-;/m01./s1. The summed E-state index contributed by atoms with van der Waals surface area (Å²) in [5, 5.41) is 5.41. The number of fused-ring (bicyclic) bond motifs is 2. The normalized spacial score (nSPS) is 25.4. The Hall–Kier alpha value is -6.89. The molecule has 4 aromatic rings. The lowest BCUT2D eigenvalue weighted by atomic mass is 9.91. The molecule has 0 spiro atoms. The summed E-state index contributed by atoms with van der Waals surface area (Å²) in [7, 11) is -2.83. The number of nitrogens with one attached hydrogen (secondary N) is 3. The molecule has 10 atom stereocenters. The molecule has 2 aromatic heterocycles. The monoisotopic (exact) mass is 1260 g/mol. The second-order valence-electron chi connectivity index (χ2n) is 24.8. The number of nitrogens with zero attached hydrogens (tertiary/aromatic N) is 4. The first-order valence-electron chi connectivity index (χ1n) is 29.3. The SMILES string of the molecule is C=C[C@@H]1C[C@]1(CC(=O)[C@@H]1CC(Oc2nccc3cc(OC)ccc23)CN1)C(=O)NS(=O)(=O)C1CC1.C=C[C@@H]1C[C@]1(CC(=O)[C@@H]1CC(Oc2nccc3cc(OC)ccc23)CN1C(=O)C([C@@H](C)CC)N(C)C(=O)OC(C)(C)C)C(=O)NS(=O)(=O)C1CC1.Cl. The molecule has 0 bridgehead atoms. The molecule has 87 heavy (non-hydrogen) atoms. The number of ether oxygens (including phenoxy) is 5. The summed E-state index contributed by atoms with van der Waals surface area (Å²) in [6.45, 7) is 17.0. The molecule has 3 N–H and O–H groups in total. The predicted octanol–water partition coefficient (Wildman–Crippen LogP) is 7.17. The zero-order chi connectivity index (χ0) is 62.3. The Bertz CT molecular complexity index is 3560. The number of rotatable bonds is 24. The quantitative estimate of drug-likeness (QED) is 0.0586. The highest BCUT2D eigenvalue weighted by Crippen LogP contribution is 2.58. The molecule has 0 radical (unpaired) electrons. The first-order valence-corrected chi connectivity index (χ1v) is 32.4. The van der Waals surface area contributed by atoms with Gasteiger partial charge in [0.05, 0.1) is 54.2 Å². The number of ketones is 2. The maximum Gasteiger partial charge on any atom is 0.410 e. The number of amides is 4. The summed E-state index contributed by atoms with van der Waals surface area (Å²) in [5.41, 5.74) is -3.14. The van der Waals surface area contributed by atoms with Crippen LogP contribution in [0.3, 0.4) is 0 Å². The van der Waals surface area contributed by atoms with Crippen LogP contribution in [-0.4, -0.2) is 153 Å². The molecule has 2 aliphatic heterocycles. The van der Waals surface area contributed by atoms with Gasteiger partial charge < -0.3 is 33.9 Å². The highest BCUT2D eigenvalue weighted by Gasteiger charge is 2.63. The van der Waals surface area contributed by atoms with Gasteiger partial charge in [-0.3, -0.25) is 38.3 Å². The minimum absolute atomic E-state index is 0. The Morgan fingerprint density at radius 1 is 0.759 bits per heavy atom. The summed E-state index contributed by atoms with van der Waals surface area (Å²) in [5.74, 6) is -1.04. The summed E-state index contributed by atoms with van der Waals surface area (Å²) in [6, 6.07) is 12.3. The number of hydrogen-bond donors (Lipinski definition) is 3. The number of benzene rings is 2. The van der Waals surface area contributed by atoms with Gasteiger partial charge in [0, 0.05) is 62.4 Å². The number of methoxy groups -OCH3 is 2. The molecule has 6 aliphatic rings. The third-order valence-corrected chi connectivity index (χ3v) is 21.1. The van der Waals surface area contributed by atoms with Gasteiger partial charge in [-0.15, -0.1) is 25.6 Å². The number of allylic oxidation sites excluding steroid dienone is 2. The predicted molar refractivity (Wildman–Crippen MR) is 327 cm³/mol. The lowest BCUT2D eigenvalue weighted by Gasteiger charge is -2.36. The van der Waals surface area contributed by atoms with Crippen molar-refractivity contribution in [3.05, 3.63) is 86.2 Å². The zero-order valence-electron chi connectivity index (χ0n) is 50.4. The van der Waals surface area contributed by atoms with Gasteiger partial charge in [0.15, 0.2) is 11.6 Å². The van der Waals surface area contributed by atoms with Crippen molar-refractivity contribution in [3.8, 4) is 23.3 Å². The molecule has 25 heteroatoms. The molecule has 6 fully saturated rings. The largest absolute Gasteiger partial charge is 0.497 e. The number of likely N-dealkylation sites (tertiary alicyclic amines) is 1. The van der Waals surface area contributed by atoms with Crippen LogP contribution < -0.4 is 33.7 Å². The Morgan fingerprint density at radius 3 is 1.68 bits per heavy atom. The van der Waals surface area contributed by atoms with Crippen LogP contribution in [0.2, 0.25) is 0 Å². The van der Waals surface area contributed by atoms with E-state index in [4.69, 9.17) is 23.7 Å². The number of sulfonamides is 2. The van der Waals surface area contributed by atoms with E-state index in [1.54, 1.807) is 65.6 Å². The van der Waals surface area contributed by atoms with E-state index in [1.165, 1.54) is 16.8 Å². The van der Waals surface area contributed by atoms with Crippen LogP contribution in [0.5, 0.6) is 23.3 Å². The maximum absolute atomic E-state index is 14.6. The van der Waals surface area contributed by atoms with Crippen molar-refractivity contribution in [1.82, 2.24) is 34.5 Å². The van der Waals surface area contributed by atoms with Crippen LogP contribution in [0.1, 0.15) is 105 Å². The fourth-order valence-corrected chi connectivity index (χ4v) is 14.5. The third-order valence-electron chi connectivity index (χ3n) is 17.5. The first kappa shape index (κ1) is 66.1. The fourth-order valence-electron chi connectivity index (χ4n) is 11.7. The van der Waals surface area contributed by atoms with Crippen LogP contribution in [0.15, 0.2) is 86.2 Å². The molecule has 22 nitrogen and oxygen atoms in total. The van der Waals surface area contributed by atoms with E-state index in [9.17, 15) is 45.6 Å². The number of aromatic nitrogens is 2. The van der Waals surface area contributed by atoms with Gasteiger partial charge in [0.2, 0.25) is 49.5 Å². The molecule has 4 aliphatic carbocycles. The van der Waals surface area contributed by atoms with Crippen LogP contribution in [0.4, 0.5) is 4.79 Å². The first-order chi connectivity index (χ1) is 40.7. The molecule has 4 saturated carbocycles. The van der Waals surface area contributed by atoms with E-state index >= 15 is 0 Å². The van der Waals surface area contributed by atoms with E-state index in [2.05, 4.69) is 37.9 Å². The van der Waals surface area contributed by atoms with Crippen LogP contribution in [0.25, 0.3) is 21.5 Å². The molecule has 2 aromatic carbocycles. The van der Waals surface area contributed by atoms with E-state index < -0.39 is 107 Å². The average molecular weight is 1260 g/mol. The van der Waals surface area contributed by atoms with Crippen LogP contribution in [0, 0.1) is 28.6 Å². The van der Waals surface area contributed by atoms with Crippen molar-refractivity contribution < 1.29 is 69.3 Å². The van der Waals surface area contributed by atoms with E-state index in [1.807, 2.05) is 56.3 Å². The fraction of sp³-hybridized carbons (Fsp3) is 0.548. The lowest BCUT2D eigenvalue weighted by molar-refractivity contribution is -0.144. The van der Waals surface area contributed by atoms with Gasteiger partial charge in [-0.1, -0.05) is 32.4 Å². The third kappa shape index (κ3) is 14.7. The number of carbonyl (C=O) groups is 6. The smallest absolute Gasteiger partial charge is 0.410 e. The minimum atomic E-state index is -3.85. The summed E-state index contributed by atoms with van der Waals surface area (Å²) in [4.78, 5) is 93.4. The van der Waals surface area contributed by atoms with E-state index in [0.717, 1.165) is 21.9 Å². The average Bonchev–Trinajstić information content (AvgIpc) is 1.64. The molecule has 4 amide bonds. The Morgan fingerprint density at radius 2 is 1.24 bits per heavy atom. The lowest BCUT2D eigenvalue weighted by Crippen LogP contribution is -2.55. The molecule has 3 unspecified atom stereocenters. The van der Waals surface area contributed by atoms with Crippen LogP contribution in [-0.2, 0) is 48.8 Å². The summed E-state index contributed by atoms with van der Waals surface area (Å²) < 4.78 is 83.2. The highest BCUT2D eigenvalue weighted by atomic mass is 35.5. The molecule has 2 saturated heterocycles. The van der Waals surface area contributed by atoms with Gasteiger partial charge in [0.1, 0.15) is 35.3 Å². The van der Waals surface area contributed by atoms with Crippen molar-refractivity contribution in [1.29, 1.82) is 0 Å². The Kier molecular flexibility index (Phi) is 19.8. The second-order valence-corrected chi connectivity index (χ2v) is 28.7. The van der Waals surface area contributed by atoms with Gasteiger partial charge in [-0.2, -0.15) is 0 Å². The summed E-state index contributed by atoms with van der Waals surface area (Å²) >= 11 is 0. The topological polar surface area (TPSA) is 285 Å². The van der Waals surface area contributed by atoms with Gasteiger partial charge in [-0.05, 0) is 136 Å². The number of halogens is 1. The number of hydrogen-bond acceptors (Lipinski definition) is 18. The summed E-state index contributed by atoms with van der Waals surface area (Å²) in [6.07, 6.45) is 8.39. The Balaban J connectivity index is 0.000000238. The van der Waals surface area contributed by atoms with Crippen molar-refractivity contribution in [3.63, 3.8) is 0 Å². The number of Topliss-reactive ketones (excluding diaryl/α,β-unsaturated/α-hetero) is 2. The number of pyridine rings is 2.